The van der Waals surface area contributed by atoms with Gasteiger partial charge in [0.25, 0.3) is 4.84 Å². The second kappa shape index (κ2) is 8.12. The van der Waals surface area contributed by atoms with Gasteiger partial charge in [-0.15, -0.1) is 0 Å². The van der Waals surface area contributed by atoms with E-state index in [0.29, 0.717) is 35.8 Å². The molecule has 0 bridgehead atoms. The van der Waals surface area contributed by atoms with E-state index in [2.05, 4.69) is 0 Å². The standard InChI is InChI=1S/C18H24N2O5S2/c1-3-24-17(21)13-6-5-9-19(11-13)12-20-15-10-14(27(22,23)4-2)7-8-16(15)25-18(20)26/h7-8,10,13H,3-6,9,11-12H2,1-2H3/p+1/t13-/m0/s1. The minimum absolute atomic E-state index is 0.0374. The largest absolute Gasteiger partial charge is 0.466 e. The van der Waals surface area contributed by atoms with Gasteiger partial charge in [-0.2, -0.15) is 0 Å². The number of fused-ring (bicyclic) bond motifs is 1. The molecule has 2 aromatic rings. The molecular formula is C18H25N2O5S2+. The van der Waals surface area contributed by atoms with Crippen LogP contribution in [0.1, 0.15) is 26.7 Å². The maximum absolute atomic E-state index is 12.2. The van der Waals surface area contributed by atoms with Gasteiger partial charge in [0.1, 0.15) is 5.92 Å². The first-order valence-electron chi connectivity index (χ1n) is 9.22. The molecule has 3 rings (SSSR count). The van der Waals surface area contributed by atoms with Gasteiger partial charge in [-0.1, -0.05) is 6.92 Å². The highest BCUT2D eigenvalue weighted by atomic mass is 32.2. The van der Waals surface area contributed by atoms with E-state index >= 15 is 0 Å². The number of piperidine rings is 1. The van der Waals surface area contributed by atoms with Crippen LogP contribution in [0.15, 0.2) is 27.5 Å². The molecule has 2 atom stereocenters. The number of nitrogens with one attached hydrogen (secondary N) is 1. The van der Waals surface area contributed by atoms with Gasteiger partial charge >= 0.3 is 5.97 Å². The molecule has 0 saturated carbocycles. The van der Waals surface area contributed by atoms with Crippen LogP contribution in [0.5, 0.6) is 0 Å². The lowest BCUT2D eigenvalue weighted by Crippen LogP contribution is -3.13. The monoisotopic (exact) mass is 413 g/mol. The number of aromatic nitrogens is 1. The van der Waals surface area contributed by atoms with E-state index in [1.807, 2.05) is 11.5 Å². The van der Waals surface area contributed by atoms with Gasteiger partial charge in [0, 0.05) is 0 Å². The smallest absolute Gasteiger partial charge is 0.314 e. The summed E-state index contributed by atoms with van der Waals surface area (Å²) in [6.45, 7) is 5.92. The Balaban J connectivity index is 1.88. The van der Waals surface area contributed by atoms with Crippen molar-refractivity contribution in [1.29, 1.82) is 0 Å². The molecule has 1 N–H and O–H groups in total. The molecule has 0 aliphatic carbocycles. The Morgan fingerprint density at radius 2 is 2.19 bits per heavy atom. The highest BCUT2D eigenvalue weighted by Crippen LogP contribution is 2.22. The number of benzene rings is 1. The maximum Gasteiger partial charge on any atom is 0.314 e. The lowest BCUT2D eigenvalue weighted by molar-refractivity contribution is -0.929. The van der Waals surface area contributed by atoms with Crippen LogP contribution in [0.3, 0.4) is 0 Å². The summed E-state index contributed by atoms with van der Waals surface area (Å²) in [5, 5.41) is 0. The van der Waals surface area contributed by atoms with Gasteiger partial charge in [0.15, 0.2) is 22.1 Å². The van der Waals surface area contributed by atoms with Crippen LogP contribution in [0.2, 0.25) is 0 Å². The van der Waals surface area contributed by atoms with Crippen molar-refractivity contribution in [1.82, 2.24) is 4.57 Å². The molecule has 2 heterocycles. The number of quaternary nitrogens is 1. The number of hydrogen-bond acceptors (Lipinski definition) is 6. The summed E-state index contributed by atoms with van der Waals surface area (Å²) in [5.41, 5.74) is 1.23. The molecule has 0 spiro atoms. The molecule has 7 nitrogen and oxygen atoms in total. The van der Waals surface area contributed by atoms with Crippen molar-refractivity contribution in [3.63, 3.8) is 0 Å². The first-order valence-corrected chi connectivity index (χ1v) is 11.3. The number of sulfone groups is 1. The molecule has 27 heavy (non-hydrogen) atoms. The number of hydrogen-bond donors (Lipinski definition) is 1. The Morgan fingerprint density at radius 3 is 2.89 bits per heavy atom. The third kappa shape index (κ3) is 4.25. The number of esters is 1. The third-order valence-corrected chi connectivity index (χ3v) is 7.03. The van der Waals surface area contributed by atoms with Gasteiger partial charge in [0.05, 0.1) is 35.9 Å². The number of carbonyl (C=O) groups excluding carboxylic acids is 1. The van der Waals surface area contributed by atoms with E-state index in [0.717, 1.165) is 19.4 Å². The summed E-state index contributed by atoms with van der Waals surface area (Å²) < 4.78 is 37.0. The molecule has 9 heteroatoms. The molecule has 1 aromatic carbocycles. The Labute approximate surface area is 163 Å². The second-order valence-electron chi connectivity index (χ2n) is 6.78. The SMILES string of the molecule is CCOC(=O)[C@H]1CCC[NH+](Cn2c(=S)oc3ccc(S(=O)(=O)CC)cc32)C1. The van der Waals surface area contributed by atoms with Crippen LogP contribution in [-0.4, -0.2) is 44.4 Å². The molecule has 1 aromatic heterocycles. The van der Waals surface area contributed by atoms with Crippen molar-refractivity contribution < 1.29 is 27.3 Å². The molecule has 1 aliphatic heterocycles. The average Bonchev–Trinajstić information content (AvgIpc) is 2.97. The van der Waals surface area contributed by atoms with Crippen molar-refractivity contribution in [2.75, 3.05) is 25.4 Å². The zero-order valence-electron chi connectivity index (χ0n) is 15.6. The molecule has 0 radical (unpaired) electrons. The zero-order valence-corrected chi connectivity index (χ0v) is 17.2. The second-order valence-corrected chi connectivity index (χ2v) is 9.41. The predicted octanol–water partition coefficient (Wildman–Crippen LogP) is 1.57. The van der Waals surface area contributed by atoms with Crippen LogP contribution >= 0.6 is 12.2 Å². The summed E-state index contributed by atoms with van der Waals surface area (Å²) in [6.07, 6.45) is 1.76. The van der Waals surface area contributed by atoms with Crippen LogP contribution < -0.4 is 4.90 Å². The summed E-state index contributed by atoms with van der Waals surface area (Å²) >= 11 is 5.35. The summed E-state index contributed by atoms with van der Waals surface area (Å²) in [4.78, 5) is 13.8. The van der Waals surface area contributed by atoms with E-state index in [-0.39, 0.29) is 22.5 Å². The minimum Gasteiger partial charge on any atom is -0.466 e. The van der Waals surface area contributed by atoms with Crippen LogP contribution in [0, 0.1) is 10.8 Å². The van der Waals surface area contributed by atoms with E-state index in [1.165, 1.54) is 4.90 Å². The van der Waals surface area contributed by atoms with Crippen LogP contribution in [0.4, 0.5) is 0 Å². The van der Waals surface area contributed by atoms with Crippen molar-refractivity contribution in [2.45, 2.75) is 38.3 Å². The fourth-order valence-corrected chi connectivity index (χ4v) is 4.68. The first-order chi connectivity index (χ1) is 12.9. The van der Waals surface area contributed by atoms with Gasteiger partial charge < -0.3 is 14.1 Å². The lowest BCUT2D eigenvalue weighted by atomic mass is 9.98. The van der Waals surface area contributed by atoms with E-state index in [1.54, 1.807) is 25.1 Å². The molecule has 0 amide bonds. The minimum atomic E-state index is -3.31. The number of oxazole rings is 1. The van der Waals surface area contributed by atoms with E-state index < -0.39 is 9.84 Å². The van der Waals surface area contributed by atoms with Gasteiger partial charge in [-0.05, 0) is 50.2 Å². The van der Waals surface area contributed by atoms with E-state index in [4.69, 9.17) is 21.4 Å². The topological polar surface area (TPSA) is 82.9 Å². The molecule has 1 saturated heterocycles. The molecule has 148 valence electrons. The number of ether oxygens (including phenoxy) is 1. The molecule has 1 aliphatic rings. The zero-order chi connectivity index (χ0) is 19.6. The predicted molar refractivity (Wildman–Crippen MR) is 103 cm³/mol. The summed E-state index contributed by atoms with van der Waals surface area (Å²) in [5.74, 6) is -0.223. The number of likely N-dealkylation sites (tertiary alicyclic amines) is 1. The number of carbonyl (C=O) groups is 1. The van der Waals surface area contributed by atoms with Gasteiger partial charge in [0.2, 0.25) is 0 Å². The van der Waals surface area contributed by atoms with Crippen molar-refractivity contribution in [3.8, 4) is 0 Å². The van der Waals surface area contributed by atoms with E-state index in [9.17, 15) is 13.2 Å². The van der Waals surface area contributed by atoms with Crippen molar-refractivity contribution in [3.05, 3.63) is 23.0 Å². The Morgan fingerprint density at radius 1 is 1.41 bits per heavy atom. The number of nitrogens with zero attached hydrogens (tertiary/aromatic N) is 1. The molecular weight excluding hydrogens is 388 g/mol. The highest BCUT2D eigenvalue weighted by molar-refractivity contribution is 7.91. The third-order valence-electron chi connectivity index (χ3n) is 5.00. The van der Waals surface area contributed by atoms with Crippen molar-refractivity contribution >= 4 is 39.1 Å². The van der Waals surface area contributed by atoms with Gasteiger partial charge in [-0.25, -0.2) is 8.42 Å². The maximum atomic E-state index is 12.2. The quantitative estimate of drug-likeness (QED) is 0.572. The Kier molecular flexibility index (Phi) is 6.02. The molecule has 1 unspecified atom stereocenters. The highest BCUT2D eigenvalue weighted by Gasteiger charge is 2.30. The first kappa shape index (κ1) is 20.0. The Bertz CT molecular complexity index is 993. The molecule has 1 fully saturated rings. The fraction of sp³-hybridized carbons (Fsp3) is 0.556. The van der Waals surface area contributed by atoms with Gasteiger partial charge in [-0.3, -0.25) is 9.36 Å². The normalized spacial score (nSPS) is 20.7. The lowest BCUT2D eigenvalue weighted by Gasteiger charge is -2.28. The summed E-state index contributed by atoms with van der Waals surface area (Å²) in [7, 11) is -3.31. The van der Waals surface area contributed by atoms with Crippen LogP contribution in [-0.2, 0) is 26.0 Å². The van der Waals surface area contributed by atoms with Crippen LogP contribution in [0.25, 0.3) is 11.1 Å². The fourth-order valence-electron chi connectivity index (χ4n) is 3.53. The van der Waals surface area contributed by atoms with Crippen molar-refractivity contribution in [2.24, 2.45) is 5.92 Å². The summed E-state index contributed by atoms with van der Waals surface area (Å²) in [6, 6.07) is 4.82. The average molecular weight is 414 g/mol. The number of rotatable bonds is 6. The Hall–Kier alpha value is -1.71.